The van der Waals surface area contributed by atoms with E-state index in [0.29, 0.717) is 25.5 Å². The highest BCUT2D eigenvalue weighted by molar-refractivity contribution is 7.89. The van der Waals surface area contributed by atoms with Crippen LogP contribution in [0.4, 0.5) is 13.2 Å². The molecule has 0 aliphatic carbocycles. The first-order valence-electron chi connectivity index (χ1n) is 10.2. The van der Waals surface area contributed by atoms with Gasteiger partial charge in [0, 0.05) is 30.4 Å². The molecule has 0 N–H and O–H groups in total. The van der Waals surface area contributed by atoms with Crippen molar-refractivity contribution in [3.05, 3.63) is 52.2 Å². The van der Waals surface area contributed by atoms with Crippen LogP contribution in [-0.2, 0) is 21.0 Å². The van der Waals surface area contributed by atoms with E-state index >= 15 is 0 Å². The predicted octanol–water partition coefficient (Wildman–Crippen LogP) is 4.53. The number of carbonyl (C=O) groups excluding carboxylic acids is 1. The van der Waals surface area contributed by atoms with Crippen molar-refractivity contribution < 1.29 is 26.4 Å². The molecule has 2 fully saturated rings. The van der Waals surface area contributed by atoms with Gasteiger partial charge in [0.1, 0.15) is 0 Å². The Kier molecular flexibility index (Phi) is 6.15. The molecule has 0 bridgehead atoms. The first kappa shape index (κ1) is 22.3. The van der Waals surface area contributed by atoms with E-state index in [-0.39, 0.29) is 35.9 Å². The molecule has 2 aromatic rings. The lowest BCUT2D eigenvalue weighted by Crippen LogP contribution is -2.44. The van der Waals surface area contributed by atoms with Crippen molar-refractivity contribution in [3.63, 3.8) is 0 Å². The zero-order chi connectivity index (χ0) is 22.2. The van der Waals surface area contributed by atoms with Gasteiger partial charge in [-0.3, -0.25) is 4.79 Å². The molecular formula is C21H23F3N2O3S2. The third-order valence-corrected chi connectivity index (χ3v) is 8.88. The molecule has 0 saturated carbocycles. The molecule has 2 saturated heterocycles. The van der Waals surface area contributed by atoms with E-state index in [4.69, 9.17) is 0 Å². The van der Waals surface area contributed by atoms with Crippen LogP contribution < -0.4 is 0 Å². The third kappa shape index (κ3) is 4.51. The van der Waals surface area contributed by atoms with Crippen LogP contribution in [0.5, 0.6) is 0 Å². The number of benzene rings is 1. The molecule has 1 amide bonds. The highest BCUT2D eigenvalue weighted by atomic mass is 32.2. The second-order valence-electron chi connectivity index (χ2n) is 7.91. The molecule has 0 spiro atoms. The first-order chi connectivity index (χ1) is 14.7. The average molecular weight is 473 g/mol. The molecule has 168 valence electrons. The van der Waals surface area contributed by atoms with Gasteiger partial charge in [-0.2, -0.15) is 17.5 Å². The lowest BCUT2D eigenvalue weighted by Gasteiger charge is -2.34. The van der Waals surface area contributed by atoms with Gasteiger partial charge in [0.05, 0.1) is 16.5 Å². The van der Waals surface area contributed by atoms with Crippen LogP contribution in [0.3, 0.4) is 0 Å². The number of halogens is 3. The number of piperidine rings is 1. The molecule has 1 aromatic carbocycles. The number of thiophene rings is 1. The summed E-state index contributed by atoms with van der Waals surface area (Å²) >= 11 is 1.63. The number of nitrogens with zero attached hydrogens (tertiary/aromatic N) is 2. The van der Waals surface area contributed by atoms with E-state index in [1.165, 1.54) is 10.4 Å². The summed E-state index contributed by atoms with van der Waals surface area (Å²) < 4.78 is 65.8. The van der Waals surface area contributed by atoms with Crippen LogP contribution in [0.15, 0.2) is 46.7 Å². The van der Waals surface area contributed by atoms with Crippen LogP contribution in [0, 0.1) is 5.92 Å². The lowest BCUT2D eigenvalue weighted by molar-refractivity contribution is -0.138. The SMILES string of the molecule is O=C(C1CCN(S(=O)(=O)c2cccc(C(F)(F)F)c2)CC1)N1CCC[C@H]1c1cccs1. The van der Waals surface area contributed by atoms with E-state index < -0.39 is 21.8 Å². The molecule has 0 unspecified atom stereocenters. The summed E-state index contributed by atoms with van der Waals surface area (Å²) in [5.74, 6) is -0.222. The van der Waals surface area contributed by atoms with Gasteiger partial charge < -0.3 is 4.90 Å². The van der Waals surface area contributed by atoms with E-state index in [9.17, 15) is 26.4 Å². The summed E-state index contributed by atoms with van der Waals surface area (Å²) in [7, 11) is -4.05. The van der Waals surface area contributed by atoms with Crippen LogP contribution in [0.25, 0.3) is 0 Å². The summed E-state index contributed by atoms with van der Waals surface area (Å²) in [4.78, 5) is 15.8. The topological polar surface area (TPSA) is 57.7 Å². The number of sulfonamides is 1. The number of likely N-dealkylation sites (tertiary alicyclic amines) is 1. The maximum Gasteiger partial charge on any atom is 0.416 e. The Balaban J connectivity index is 1.43. The molecule has 31 heavy (non-hydrogen) atoms. The number of hydrogen-bond acceptors (Lipinski definition) is 4. The van der Waals surface area contributed by atoms with E-state index in [1.54, 1.807) is 11.3 Å². The fraction of sp³-hybridized carbons (Fsp3) is 0.476. The maximum atomic E-state index is 13.1. The van der Waals surface area contributed by atoms with Crippen LogP contribution in [0.2, 0.25) is 0 Å². The normalized spacial score (nSPS) is 21.5. The summed E-state index contributed by atoms with van der Waals surface area (Å²) in [5.41, 5.74) is -0.993. The molecule has 1 atom stereocenters. The predicted molar refractivity (Wildman–Crippen MR) is 111 cm³/mol. The Morgan fingerprint density at radius 2 is 1.77 bits per heavy atom. The quantitative estimate of drug-likeness (QED) is 0.657. The molecule has 3 heterocycles. The van der Waals surface area contributed by atoms with Crippen molar-refractivity contribution in [1.29, 1.82) is 0 Å². The average Bonchev–Trinajstić information content (AvgIpc) is 3.44. The minimum absolute atomic E-state index is 0.0482. The van der Waals surface area contributed by atoms with Crippen molar-refractivity contribution in [2.24, 2.45) is 5.92 Å². The molecule has 2 aliphatic rings. The Bertz CT molecular complexity index is 1030. The third-order valence-electron chi connectivity index (χ3n) is 6.01. The van der Waals surface area contributed by atoms with Gasteiger partial charge in [-0.1, -0.05) is 12.1 Å². The summed E-state index contributed by atoms with van der Waals surface area (Å²) in [6, 6.07) is 7.89. The van der Waals surface area contributed by atoms with E-state index in [2.05, 4.69) is 0 Å². The molecule has 1 aromatic heterocycles. The molecule has 10 heteroatoms. The van der Waals surface area contributed by atoms with Gasteiger partial charge in [0.2, 0.25) is 15.9 Å². The molecule has 0 radical (unpaired) electrons. The van der Waals surface area contributed by atoms with Crippen molar-refractivity contribution >= 4 is 27.3 Å². The molecule has 5 nitrogen and oxygen atoms in total. The van der Waals surface area contributed by atoms with Gasteiger partial charge in [-0.05, 0) is 55.3 Å². The fourth-order valence-corrected chi connectivity index (χ4v) is 6.76. The molecule has 2 aliphatic heterocycles. The van der Waals surface area contributed by atoms with Gasteiger partial charge in [-0.15, -0.1) is 11.3 Å². The smallest absolute Gasteiger partial charge is 0.335 e. The van der Waals surface area contributed by atoms with Gasteiger partial charge in [0.15, 0.2) is 0 Å². The summed E-state index contributed by atoms with van der Waals surface area (Å²) in [6.45, 7) is 0.934. The van der Waals surface area contributed by atoms with E-state index in [0.717, 1.165) is 29.9 Å². The molecule has 4 rings (SSSR count). The Labute approximate surface area is 183 Å². The first-order valence-corrected chi connectivity index (χ1v) is 12.5. The van der Waals surface area contributed by atoms with Crippen LogP contribution >= 0.6 is 11.3 Å². The zero-order valence-electron chi connectivity index (χ0n) is 16.7. The fourth-order valence-electron chi connectivity index (χ4n) is 4.37. The van der Waals surface area contributed by atoms with Gasteiger partial charge in [0.25, 0.3) is 0 Å². The van der Waals surface area contributed by atoms with Crippen molar-refractivity contribution in [1.82, 2.24) is 9.21 Å². The van der Waals surface area contributed by atoms with Crippen LogP contribution in [-0.4, -0.2) is 43.2 Å². The second-order valence-corrected chi connectivity index (χ2v) is 10.8. The number of alkyl halides is 3. The minimum atomic E-state index is -4.61. The monoisotopic (exact) mass is 472 g/mol. The molecular weight excluding hydrogens is 449 g/mol. The number of amides is 1. The number of rotatable bonds is 4. The minimum Gasteiger partial charge on any atom is -0.335 e. The van der Waals surface area contributed by atoms with Crippen molar-refractivity contribution in [2.75, 3.05) is 19.6 Å². The second kappa shape index (κ2) is 8.55. The van der Waals surface area contributed by atoms with Gasteiger partial charge >= 0.3 is 6.18 Å². The van der Waals surface area contributed by atoms with Crippen LogP contribution in [0.1, 0.15) is 42.2 Å². The van der Waals surface area contributed by atoms with Crippen molar-refractivity contribution in [3.8, 4) is 0 Å². The Hall–Kier alpha value is -1.91. The van der Waals surface area contributed by atoms with Gasteiger partial charge in [-0.25, -0.2) is 8.42 Å². The summed E-state index contributed by atoms with van der Waals surface area (Å²) in [6.07, 6.45) is -2.01. The zero-order valence-corrected chi connectivity index (χ0v) is 18.3. The maximum absolute atomic E-state index is 13.1. The number of hydrogen-bond donors (Lipinski definition) is 0. The Morgan fingerprint density at radius 3 is 2.42 bits per heavy atom. The highest BCUT2D eigenvalue weighted by Crippen LogP contribution is 2.37. The van der Waals surface area contributed by atoms with E-state index in [1.807, 2.05) is 22.4 Å². The Morgan fingerprint density at radius 1 is 1.03 bits per heavy atom. The highest BCUT2D eigenvalue weighted by Gasteiger charge is 2.38. The van der Waals surface area contributed by atoms with Crippen molar-refractivity contribution in [2.45, 2.75) is 42.8 Å². The standard InChI is InChI=1S/C21H23F3N2O3S2/c22-21(23,24)16-4-1-5-17(14-16)31(28,29)25-11-8-15(9-12-25)20(27)26-10-2-6-18(26)19-7-3-13-30-19/h1,3-5,7,13-15,18H,2,6,8-12H2/t18-/m0/s1. The number of carbonyl (C=O) groups is 1. The summed E-state index contributed by atoms with van der Waals surface area (Å²) in [5, 5.41) is 1.99. The largest absolute Gasteiger partial charge is 0.416 e. The lowest BCUT2D eigenvalue weighted by atomic mass is 9.96.